The number of carbonyl (C=O) groups is 1. The molecule has 0 unspecified atom stereocenters. The fourth-order valence-corrected chi connectivity index (χ4v) is 3.59. The standard InChI is InChI=1S/C21H26N6O2/c1-14-19(15-6-4-3-5-7-15)29-18(23-14)9-8-17(28)24-21-25-20(26-27(21)2)16-10-12-22-13-11-16/h3-7,16,22H,8-13H2,1-2H3,(H,24,25,26,28). The SMILES string of the molecule is Cc1nc(CCC(=O)Nc2nc(C3CCNCC3)nn2C)oc1-c1ccccc1. The van der Waals surface area contributed by atoms with Gasteiger partial charge in [0.2, 0.25) is 11.9 Å². The first kappa shape index (κ1) is 19.3. The maximum atomic E-state index is 12.4. The first-order valence-electron chi connectivity index (χ1n) is 10.0. The molecule has 29 heavy (non-hydrogen) atoms. The van der Waals surface area contributed by atoms with Gasteiger partial charge in [0.05, 0.1) is 5.69 Å². The number of carbonyl (C=O) groups excluding carboxylic acids is 1. The van der Waals surface area contributed by atoms with Crippen LogP contribution in [0.5, 0.6) is 0 Å². The average molecular weight is 394 g/mol. The van der Waals surface area contributed by atoms with E-state index in [1.807, 2.05) is 37.3 Å². The molecule has 0 bridgehead atoms. The predicted molar refractivity (Wildman–Crippen MR) is 109 cm³/mol. The van der Waals surface area contributed by atoms with Crippen molar-refractivity contribution < 1.29 is 9.21 Å². The zero-order valence-electron chi connectivity index (χ0n) is 16.8. The summed E-state index contributed by atoms with van der Waals surface area (Å²) in [5, 5.41) is 10.7. The van der Waals surface area contributed by atoms with E-state index in [9.17, 15) is 4.79 Å². The van der Waals surface area contributed by atoms with Crippen LogP contribution < -0.4 is 10.6 Å². The van der Waals surface area contributed by atoms with Crippen LogP contribution >= 0.6 is 0 Å². The fourth-order valence-electron chi connectivity index (χ4n) is 3.59. The van der Waals surface area contributed by atoms with Gasteiger partial charge in [-0.3, -0.25) is 10.1 Å². The molecule has 4 rings (SSSR count). The summed E-state index contributed by atoms with van der Waals surface area (Å²) in [6, 6.07) is 9.85. The first-order valence-corrected chi connectivity index (χ1v) is 10.0. The second kappa shape index (κ2) is 8.57. The number of amides is 1. The third-order valence-corrected chi connectivity index (χ3v) is 5.18. The zero-order valence-corrected chi connectivity index (χ0v) is 16.8. The van der Waals surface area contributed by atoms with Gasteiger partial charge in [-0.1, -0.05) is 30.3 Å². The molecule has 0 spiro atoms. The van der Waals surface area contributed by atoms with Crippen LogP contribution in [-0.4, -0.2) is 38.7 Å². The minimum Gasteiger partial charge on any atom is -0.440 e. The fraction of sp³-hybridized carbons (Fsp3) is 0.429. The molecule has 0 aliphatic carbocycles. The second-order valence-corrected chi connectivity index (χ2v) is 7.38. The lowest BCUT2D eigenvalue weighted by atomic mass is 9.98. The van der Waals surface area contributed by atoms with Crippen molar-refractivity contribution in [2.24, 2.45) is 7.05 Å². The quantitative estimate of drug-likeness (QED) is 0.667. The molecule has 1 saturated heterocycles. The van der Waals surface area contributed by atoms with Crippen molar-refractivity contribution in [3.63, 3.8) is 0 Å². The molecule has 2 N–H and O–H groups in total. The Morgan fingerprint density at radius 2 is 2.00 bits per heavy atom. The molecule has 3 heterocycles. The van der Waals surface area contributed by atoms with Gasteiger partial charge in [-0.2, -0.15) is 10.1 Å². The van der Waals surface area contributed by atoms with E-state index in [-0.39, 0.29) is 12.3 Å². The van der Waals surface area contributed by atoms with Gasteiger partial charge in [-0.05, 0) is 32.9 Å². The van der Waals surface area contributed by atoms with Gasteiger partial charge in [0.1, 0.15) is 0 Å². The molecule has 1 aliphatic heterocycles. The van der Waals surface area contributed by atoms with Crippen molar-refractivity contribution in [2.75, 3.05) is 18.4 Å². The van der Waals surface area contributed by atoms with Crippen molar-refractivity contribution in [3.8, 4) is 11.3 Å². The van der Waals surface area contributed by atoms with Crippen LogP contribution in [0, 0.1) is 6.92 Å². The number of hydrogen-bond acceptors (Lipinski definition) is 6. The Hall–Kier alpha value is -3.00. The second-order valence-electron chi connectivity index (χ2n) is 7.38. The number of rotatable bonds is 6. The van der Waals surface area contributed by atoms with Gasteiger partial charge in [0.15, 0.2) is 17.5 Å². The van der Waals surface area contributed by atoms with E-state index in [1.54, 1.807) is 11.7 Å². The van der Waals surface area contributed by atoms with E-state index in [4.69, 9.17) is 4.42 Å². The van der Waals surface area contributed by atoms with Crippen LogP contribution in [0.15, 0.2) is 34.7 Å². The molecule has 0 saturated carbocycles. The maximum absolute atomic E-state index is 12.4. The van der Waals surface area contributed by atoms with Gasteiger partial charge < -0.3 is 9.73 Å². The van der Waals surface area contributed by atoms with Gasteiger partial charge in [0, 0.05) is 31.4 Å². The molecule has 8 heteroatoms. The lowest BCUT2D eigenvalue weighted by Crippen LogP contribution is -2.27. The third kappa shape index (κ3) is 4.54. The Morgan fingerprint density at radius 1 is 1.24 bits per heavy atom. The molecular formula is C21H26N6O2. The van der Waals surface area contributed by atoms with Crippen LogP contribution in [0.25, 0.3) is 11.3 Å². The minimum absolute atomic E-state index is 0.130. The number of oxazole rings is 1. The summed E-state index contributed by atoms with van der Waals surface area (Å²) in [5.74, 6) is 2.82. The Labute approximate surface area is 169 Å². The van der Waals surface area contributed by atoms with Gasteiger partial charge in [-0.25, -0.2) is 9.67 Å². The largest absolute Gasteiger partial charge is 0.440 e. The van der Waals surface area contributed by atoms with Crippen molar-refractivity contribution in [3.05, 3.63) is 47.7 Å². The highest BCUT2D eigenvalue weighted by Gasteiger charge is 2.21. The molecule has 1 amide bonds. The molecule has 0 atom stereocenters. The highest BCUT2D eigenvalue weighted by molar-refractivity contribution is 5.89. The topological polar surface area (TPSA) is 97.9 Å². The molecule has 1 fully saturated rings. The summed E-state index contributed by atoms with van der Waals surface area (Å²) in [6.07, 6.45) is 2.73. The van der Waals surface area contributed by atoms with Crippen LogP contribution in [0.1, 0.15) is 42.6 Å². The minimum atomic E-state index is -0.130. The summed E-state index contributed by atoms with van der Waals surface area (Å²) in [4.78, 5) is 21.4. The van der Waals surface area contributed by atoms with Gasteiger partial charge >= 0.3 is 0 Å². The van der Waals surface area contributed by atoms with E-state index in [0.717, 1.165) is 48.8 Å². The maximum Gasteiger partial charge on any atom is 0.227 e. The van der Waals surface area contributed by atoms with Crippen LogP contribution in [0.3, 0.4) is 0 Å². The molecule has 3 aromatic rings. The van der Waals surface area contributed by atoms with Crippen LogP contribution in [0.4, 0.5) is 5.95 Å². The Bertz CT molecular complexity index is 972. The number of benzene rings is 1. The lowest BCUT2D eigenvalue weighted by molar-refractivity contribution is -0.116. The summed E-state index contributed by atoms with van der Waals surface area (Å²) in [6.45, 7) is 3.87. The summed E-state index contributed by atoms with van der Waals surface area (Å²) in [7, 11) is 1.80. The normalized spacial score (nSPS) is 14.8. The Kier molecular flexibility index (Phi) is 5.71. The number of anilines is 1. The summed E-state index contributed by atoms with van der Waals surface area (Å²) < 4.78 is 7.52. The van der Waals surface area contributed by atoms with E-state index in [1.165, 1.54) is 0 Å². The first-order chi connectivity index (χ1) is 14.1. The molecule has 1 aromatic carbocycles. The molecule has 2 aromatic heterocycles. The van der Waals surface area contributed by atoms with Crippen molar-refractivity contribution in [2.45, 2.75) is 38.5 Å². The number of aromatic nitrogens is 4. The van der Waals surface area contributed by atoms with Crippen LogP contribution in [0.2, 0.25) is 0 Å². The Balaban J connectivity index is 1.35. The number of nitrogens with zero attached hydrogens (tertiary/aromatic N) is 4. The van der Waals surface area contributed by atoms with Gasteiger partial charge in [0.25, 0.3) is 0 Å². The highest BCUT2D eigenvalue weighted by atomic mass is 16.4. The van der Waals surface area contributed by atoms with E-state index < -0.39 is 0 Å². The number of hydrogen-bond donors (Lipinski definition) is 2. The van der Waals surface area contributed by atoms with E-state index in [0.29, 0.717) is 24.2 Å². The predicted octanol–water partition coefficient (Wildman–Crippen LogP) is 2.82. The van der Waals surface area contributed by atoms with E-state index >= 15 is 0 Å². The molecule has 8 nitrogen and oxygen atoms in total. The molecule has 1 aliphatic rings. The average Bonchev–Trinajstić information content (AvgIpc) is 3.30. The summed E-state index contributed by atoms with van der Waals surface area (Å²) >= 11 is 0. The lowest BCUT2D eigenvalue weighted by Gasteiger charge is -2.19. The highest BCUT2D eigenvalue weighted by Crippen LogP contribution is 2.25. The number of nitrogens with one attached hydrogen (secondary N) is 2. The van der Waals surface area contributed by atoms with Crippen molar-refractivity contribution in [1.82, 2.24) is 25.1 Å². The summed E-state index contributed by atoms with van der Waals surface area (Å²) in [5.41, 5.74) is 1.81. The van der Waals surface area contributed by atoms with E-state index in [2.05, 4.69) is 25.7 Å². The van der Waals surface area contributed by atoms with Crippen molar-refractivity contribution >= 4 is 11.9 Å². The third-order valence-electron chi connectivity index (χ3n) is 5.18. The molecule has 152 valence electrons. The smallest absolute Gasteiger partial charge is 0.227 e. The number of piperidine rings is 1. The monoisotopic (exact) mass is 394 g/mol. The Morgan fingerprint density at radius 3 is 2.76 bits per heavy atom. The van der Waals surface area contributed by atoms with Gasteiger partial charge in [-0.15, -0.1) is 0 Å². The zero-order chi connectivity index (χ0) is 20.2. The van der Waals surface area contributed by atoms with Crippen LogP contribution in [-0.2, 0) is 18.3 Å². The molecule has 0 radical (unpaired) electrons. The molecular weight excluding hydrogens is 368 g/mol. The van der Waals surface area contributed by atoms with Crippen molar-refractivity contribution in [1.29, 1.82) is 0 Å². The number of aryl methyl sites for hydroxylation is 3.